The normalized spacial score (nSPS) is 22.1. The van der Waals surface area contributed by atoms with Gasteiger partial charge in [0.15, 0.2) is 0 Å². The minimum atomic E-state index is -0.385. The Hall–Kier alpha value is -3.62. The third-order valence-electron chi connectivity index (χ3n) is 8.56. The van der Waals surface area contributed by atoms with Gasteiger partial charge in [-0.2, -0.15) is 0 Å². The molecule has 7 rings (SSSR count). The molecule has 0 saturated heterocycles. The Balaban J connectivity index is 1.39. The Kier molecular flexibility index (Phi) is 5.33. The first-order valence-electron chi connectivity index (χ1n) is 13.2. The summed E-state index contributed by atoms with van der Waals surface area (Å²) in [5.41, 5.74) is 7.10. The fourth-order valence-electron chi connectivity index (χ4n) is 6.51. The number of Topliss-reactive ketones (excluding diaryl/α,β-unsaturated/α-hetero) is 1. The molecule has 0 radical (unpaired) electrons. The molecule has 1 fully saturated rings. The largest absolute Gasteiger partial charge is 0.364 e. The Labute approximate surface area is 222 Å². The van der Waals surface area contributed by atoms with Crippen molar-refractivity contribution in [2.75, 3.05) is 0 Å². The number of fused-ring (bicyclic) bond motifs is 5. The number of halogens is 1. The van der Waals surface area contributed by atoms with Gasteiger partial charge in [0.1, 0.15) is 5.78 Å². The van der Waals surface area contributed by atoms with E-state index in [1.807, 2.05) is 42.6 Å². The summed E-state index contributed by atoms with van der Waals surface area (Å²) >= 11 is 6.17. The monoisotopic (exact) mass is 501 g/mol. The predicted octanol–water partition coefficient (Wildman–Crippen LogP) is 6.09. The van der Waals surface area contributed by atoms with Crippen LogP contribution in [0.25, 0.3) is 23.3 Å². The molecule has 1 aliphatic heterocycles. The van der Waals surface area contributed by atoms with Crippen LogP contribution < -0.4 is 15.8 Å². The van der Waals surface area contributed by atoms with Gasteiger partial charge in [-0.25, -0.2) is 0 Å². The Bertz CT molecular complexity index is 1640. The van der Waals surface area contributed by atoms with Crippen molar-refractivity contribution in [3.63, 3.8) is 0 Å². The average molecular weight is 502 g/mol. The number of hydrogen-bond acceptors (Lipinski definition) is 2. The van der Waals surface area contributed by atoms with Crippen LogP contribution in [0, 0.1) is 5.92 Å². The summed E-state index contributed by atoms with van der Waals surface area (Å²) in [6, 6.07) is 21.2. The highest BCUT2D eigenvalue weighted by molar-refractivity contribution is 6.30. The highest BCUT2D eigenvalue weighted by Crippen LogP contribution is 2.52. The quantitative estimate of drug-likeness (QED) is 0.469. The van der Waals surface area contributed by atoms with Crippen molar-refractivity contribution in [2.24, 2.45) is 5.92 Å². The van der Waals surface area contributed by atoms with Crippen LogP contribution in [0.4, 0.5) is 0 Å². The molecule has 0 bridgehead atoms. The Morgan fingerprint density at radius 3 is 2.57 bits per heavy atom. The second-order valence-corrected chi connectivity index (χ2v) is 11.1. The van der Waals surface area contributed by atoms with Gasteiger partial charge in [0.05, 0.1) is 5.41 Å². The first-order chi connectivity index (χ1) is 18.1. The van der Waals surface area contributed by atoms with Gasteiger partial charge in [0.2, 0.25) is 0 Å². The highest BCUT2D eigenvalue weighted by atomic mass is 35.5. The molecule has 3 aliphatic carbocycles. The smallest absolute Gasteiger partial charge is 0.150 e. The van der Waals surface area contributed by atoms with E-state index in [0.717, 1.165) is 36.9 Å². The number of allylic oxidation sites excluding steroid dienone is 5. The van der Waals surface area contributed by atoms with Crippen molar-refractivity contribution < 1.29 is 4.79 Å². The van der Waals surface area contributed by atoms with Crippen molar-refractivity contribution >= 4 is 29.5 Å². The van der Waals surface area contributed by atoms with Crippen LogP contribution in [0.2, 0.25) is 5.02 Å². The zero-order chi connectivity index (χ0) is 25.0. The van der Waals surface area contributed by atoms with Crippen molar-refractivity contribution in [2.45, 2.75) is 37.0 Å². The van der Waals surface area contributed by atoms with Gasteiger partial charge < -0.3 is 5.32 Å². The molecule has 182 valence electrons. The lowest BCUT2D eigenvalue weighted by Gasteiger charge is -2.31. The molecule has 0 amide bonds. The summed E-state index contributed by atoms with van der Waals surface area (Å²) in [5.74, 6) is 0.324. The molecule has 37 heavy (non-hydrogen) atoms. The number of carbonyl (C=O) groups excluding carboxylic acids is 1. The maximum Gasteiger partial charge on any atom is 0.150 e. The van der Waals surface area contributed by atoms with Crippen molar-refractivity contribution in [3.05, 3.63) is 129 Å². The van der Waals surface area contributed by atoms with Gasteiger partial charge in [0.25, 0.3) is 0 Å². The second kappa shape index (κ2) is 8.75. The van der Waals surface area contributed by atoms with Crippen molar-refractivity contribution in [1.82, 2.24) is 5.32 Å². The van der Waals surface area contributed by atoms with Gasteiger partial charge in [-0.3, -0.25) is 4.79 Å². The summed E-state index contributed by atoms with van der Waals surface area (Å²) in [4.78, 5) is 14.3. The zero-order valence-corrected chi connectivity index (χ0v) is 21.3. The first kappa shape index (κ1) is 22.6. The van der Waals surface area contributed by atoms with E-state index >= 15 is 0 Å². The van der Waals surface area contributed by atoms with E-state index < -0.39 is 0 Å². The summed E-state index contributed by atoms with van der Waals surface area (Å²) in [7, 11) is 0. The van der Waals surface area contributed by atoms with E-state index in [2.05, 4.69) is 66.0 Å². The third kappa shape index (κ3) is 3.74. The maximum absolute atomic E-state index is 14.3. The van der Waals surface area contributed by atoms with Crippen LogP contribution >= 0.6 is 11.6 Å². The van der Waals surface area contributed by atoms with E-state index in [1.54, 1.807) is 0 Å². The molecule has 2 atom stereocenters. The van der Waals surface area contributed by atoms with Crippen molar-refractivity contribution in [3.8, 4) is 11.1 Å². The summed E-state index contributed by atoms with van der Waals surface area (Å²) < 4.78 is 0. The van der Waals surface area contributed by atoms with Crippen LogP contribution in [0.15, 0.2) is 96.9 Å². The number of nitrogens with one attached hydrogen (secondary N) is 1. The van der Waals surface area contributed by atoms with E-state index in [9.17, 15) is 4.79 Å². The summed E-state index contributed by atoms with van der Waals surface area (Å²) in [6.45, 7) is 0. The van der Waals surface area contributed by atoms with Crippen molar-refractivity contribution in [1.29, 1.82) is 0 Å². The SMILES string of the molecule is O=C(C1C=c2c(ccc3c2=CCc2ccccc2-3)C(C2=CC=CC=CN2)C1)C1(c2ccc(Cl)cc2)CC1. The minimum absolute atomic E-state index is 0.123. The summed E-state index contributed by atoms with van der Waals surface area (Å²) in [6.07, 6.45) is 18.4. The molecule has 3 aromatic rings. The molecule has 0 spiro atoms. The van der Waals surface area contributed by atoms with Gasteiger partial charge in [-0.1, -0.05) is 84.4 Å². The molecular weight excluding hydrogens is 474 g/mol. The Morgan fingerprint density at radius 1 is 0.892 bits per heavy atom. The standard InChI is InChI=1S/C34H28ClNO/c35-25-12-10-24(11-13-25)34(17-18-34)33(37)23-20-30-28-14-9-22-6-3-4-7-26(22)27(28)15-16-29(30)31(21-23)32-8-2-1-5-19-36-32/h1-8,10-16,19-20,23,31,36H,9,17-18,21H2. The highest BCUT2D eigenvalue weighted by Gasteiger charge is 2.53. The van der Waals surface area contributed by atoms with Gasteiger partial charge >= 0.3 is 0 Å². The molecule has 1 saturated carbocycles. The molecule has 2 nitrogen and oxygen atoms in total. The van der Waals surface area contributed by atoms with Crippen LogP contribution in [0.5, 0.6) is 0 Å². The van der Waals surface area contributed by atoms with Gasteiger partial charge in [-0.15, -0.1) is 0 Å². The average Bonchev–Trinajstić information content (AvgIpc) is 3.77. The topological polar surface area (TPSA) is 29.1 Å². The fourth-order valence-corrected chi connectivity index (χ4v) is 6.64. The van der Waals surface area contributed by atoms with E-state index in [0.29, 0.717) is 10.8 Å². The van der Waals surface area contributed by atoms with Crippen LogP contribution in [-0.2, 0) is 16.6 Å². The number of ketones is 1. The molecule has 4 aliphatic rings. The lowest BCUT2D eigenvalue weighted by atomic mass is 9.73. The van der Waals surface area contributed by atoms with Gasteiger partial charge in [-0.05, 0) is 88.2 Å². The zero-order valence-electron chi connectivity index (χ0n) is 20.6. The lowest BCUT2D eigenvalue weighted by molar-refractivity contribution is -0.123. The molecule has 1 N–H and O–H groups in total. The van der Waals surface area contributed by atoms with E-state index in [4.69, 9.17) is 11.6 Å². The first-order valence-corrected chi connectivity index (χ1v) is 13.6. The molecular formula is C34H28ClNO. The summed E-state index contributed by atoms with van der Waals surface area (Å²) in [5, 5.41) is 6.72. The lowest BCUT2D eigenvalue weighted by Crippen LogP contribution is -2.41. The van der Waals surface area contributed by atoms with Gasteiger partial charge in [0, 0.05) is 28.8 Å². The molecule has 0 aromatic heterocycles. The second-order valence-electron chi connectivity index (χ2n) is 10.6. The third-order valence-corrected chi connectivity index (χ3v) is 8.81. The number of hydrogen-bond donors (Lipinski definition) is 1. The van der Waals surface area contributed by atoms with E-state index in [-0.39, 0.29) is 17.3 Å². The molecule has 1 heterocycles. The fraction of sp³-hybridized carbons (Fsp3) is 0.206. The van der Waals surface area contributed by atoms with Crippen LogP contribution in [0.1, 0.15) is 41.9 Å². The van der Waals surface area contributed by atoms with Crippen LogP contribution in [-0.4, -0.2) is 5.78 Å². The minimum Gasteiger partial charge on any atom is -0.364 e. The number of carbonyl (C=O) groups is 1. The Morgan fingerprint density at radius 2 is 1.73 bits per heavy atom. The number of rotatable bonds is 4. The van der Waals surface area contributed by atoms with E-state index in [1.165, 1.54) is 32.7 Å². The number of benzene rings is 3. The van der Waals surface area contributed by atoms with Crippen LogP contribution in [0.3, 0.4) is 0 Å². The molecule has 2 unspecified atom stereocenters. The molecule has 3 aromatic carbocycles. The maximum atomic E-state index is 14.3. The predicted molar refractivity (Wildman–Crippen MR) is 151 cm³/mol. The molecule has 3 heteroatoms.